The summed E-state index contributed by atoms with van der Waals surface area (Å²) in [4.78, 5) is 23.8. The molecule has 1 aliphatic carbocycles. The third kappa shape index (κ3) is 3.10. The summed E-state index contributed by atoms with van der Waals surface area (Å²) in [7, 11) is 0. The normalized spacial score (nSPS) is 18.2. The van der Waals surface area contributed by atoms with E-state index in [4.69, 9.17) is 0 Å². The van der Waals surface area contributed by atoms with Crippen LogP contribution in [0.1, 0.15) is 41.8 Å². The van der Waals surface area contributed by atoms with Crippen molar-refractivity contribution in [3.05, 3.63) is 22.4 Å². The Morgan fingerprint density at radius 3 is 2.61 bits per heavy atom. The number of hydrogen-bond acceptors (Lipinski definition) is 3. The predicted octanol–water partition coefficient (Wildman–Crippen LogP) is 2.51. The topological polar surface area (TPSA) is 66.4 Å². The summed E-state index contributed by atoms with van der Waals surface area (Å²) in [6.45, 7) is 0. The van der Waals surface area contributed by atoms with Gasteiger partial charge in [-0.15, -0.1) is 11.3 Å². The van der Waals surface area contributed by atoms with Gasteiger partial charge in [0.2, 0.25) is 0 Å². The molecule has 0 saturated heterocycles. The molecule has 5 heteroatoms. The van der Waals surface area contributed by atoms with Crippen LogP contribution >= 0.6 is 11.3 Å². The van der Waals surface area contributed by atoms with Crippen LogP contribution in [0, 0.1) is 5.92 Å². The van der Waals surface area contributed by atoms with Crippen molar-refractivity contribution in [2.45, 2.75) is 38.1 Å². The maximum atomic E-state index is 11.9. The van der Waals surface area contributed by atoms with Crippen molar-refractivity contribution in [2.24, 2.45) is 5.92 Å². The lowest BCUT2D eigenvalue weighted by atomic mass is 9.84. The highest BCUT2D eigenvalue weighted by Crippen LogP contribution is 2.27. The molecule has 1 aliphatic rings. The van der Waals surface area contributed by atoms with Crippen LogP contribution in [0.15, 0.2) is 17.5 Å². The minimum absolute atomic E-state index is 0.0696. The van der Waals surface area contributed by atoms with Gasteiger partial charge in [0.25, 0.3) is 5.91 Å². The van der Waals surface area contributed by atoms with Gasteiger partial charge in [-0.25, -0.2) is 4.79 Å². The molecule has 1 aromatic heterocycles. The summed E-state index contributed by atoms with van der Waals surface area (Å²) < 4.78 is 0. The first-order chi connectivity index (χ1) is 8.68. The molecule has 2 rings (SSSR count). The minimum atomic E-state index is -0.924. The van der Waals surface area contributed by atoms with Crippen molar-refractivity contribution in [2.75, 3.05) is 0 Å². The van der Waals surface area contributed by atoms with Gasteiger partial charge < -0.3 is 10.4 Å². The zero-order valence-electron chi connectivity index (χ0n) is 10.1. The average molecular weight is 267 g/mol. The van der Waals surface area contributed by atoms with Gasteiger partial charge in [-0.2, -0.15) is 0 Å². The summed E-state index contributed by atoms with van der Waals surface area (Å²) in [5, 5.41) is 13.7. The summed E-state index contributed by atoms with van der Waals surface area (Å²) in [5.41, 5.74) is 0. The van der Waals surface area contributed by atoms with Crippen LogP contribution in [0.25, 0.3) is 0 Å². The van der Waals surface area contributed by atoms with E-state index in [9.17, 15) is 14.7 Å². The van der Waals surface area contributed by atoms with Crippen LogP contribution in [0.4, 0.5) is 0 Å². The van der Waals surface area contributed by atoms with Gasteiger partial charge in [0, 0.05) is 0 Å². The molecule has 1 aromatic rings. The fraction of sp³-hybridized carbons (Fsp3) is 0.538. The van der Waals surface area contributed by atoms with Gasteiger partial charge in [0.05, 0.1) is 4.88 Å². The molecule has 1 atom stereocenters. The molecule has 0 spiro atoms. The Kier molecular flexibility index (Phi) is 4.36. The first-order valence-electron chi connectivity index (χ1n) is 6.25. The Hall–Kier alpha value is -1.36. The predicted molar refractivity (Wildman–Crippen MR) is 69.8 cm³/mol. The fourth-order valence-corrected chi connectivity index (χ4v) is 3.10. The fourth-order valence-electron chi connectivity index (χ4n) is 2.47. The molecule has 1 heterocycles. The van der Waals surface area contributed by atoms with E-state index in [0.717, 1.165) is 25.7 Å². The van der Waals surface area contributed by atoms with Crippen LogP contribution in [0.3, 0.4) is 0 Å². The van der Waals surface area contributed by atoms with Crippen LogP contribution in [-0.2, 0) is 4.79 Å². The van der Waals surface area contributed by atoms with Gasteiger partial charge in [-0.3, -0.25) is 4.79 Å². The molecule has 1 saturated carbocycles. The number of carboxylic acids is 1. The highest BCUT2D eigenvalue weighted by Gasteiger charge is 2.30. The Labute approximate surface area is 110 Å². The van der Waals surface area contributed by atoms with E-state index in [1.807, 2.05) is 5.38 Å². The van der Waals surface area contributed by atoms with E-state index < -0.39 is 12.0 Å². The lowest BCUT2D eigenvalue weighted by Crippen LogP contribution is -2.46. The third-order valence-corrected chi connectivity index (χ3v) is 4.29. The molecule has 0 bridgehead atoms. The number of carboxylic acid groups (broad SMARTS) is 1. The van der Waals surface area contributed by atoms with Crippen molar-refractivity contribution in [3.8, 4) is 0 Å². The molecular formula is C13H17NO3S. The van der Waals surface area contributed by atoms with Gasteiger partial charge >= 0.3 is 5.97 Å². The van der Waals surface area contributed by atoms with Crippen LogP contribution in [0.2, 0.25) is 0 Å². The van der Waals surface area contributed by atoms with Crippen LogP contribution < -0.4 is 5.32 Å². The molecule has 0 radical (unpaired) electrons. The van der Waals surface area contributed by atoms with E-state index in [1.54, 1.807) is 12.1 Å². The number of carbonyl (C=O) groups excluding carboxylic acids is 1. The molecule has 2 N–H and O–H groups in total. The molecular weight excluding hydrogens is 250 g/mol. The van der Waals surface area contributed by atoms with E-state index in [-0.39, 0.29) is 11.8 Å². The van der Waals surface area contributed by atoms with Crippen molar-refractivity contribution in [1.82, 2.24) is 5.32 Å². The molecule has 18 heavy (non-hydrogen) atoms. The first kappa shape index (κ1) is 13.1. The maximum Gasteiger partial charge on any atom is 0.326 e. The Morgan fingerprint density at radius 1 is 1.33 bits per heavy atom. The van der Waals surface area contributed by atoms with Crippen molar-refractivity contribution < 1.29 is 14.7 Å². The SMILES string of the molecule is O=C(NC(C(=O)O)C1CCCCC1)c1cccs1. The van der Waals surface area contributed by atoms with Crippen molar-refractivity contribution >= 4 is 23.2 Å². The number of carbonyl (C=O) groups is 2. The third-order valence-electron chi connectivity index (χ3n) is 3.42. The highest BCUT2D eigenvalue weighted by molar-refractivity contribution is 7.12. The summed E-state index contributed by atoms with van der Waals surface area (Å²) in [5.74, 6) is -1.13. The second kappa shape index (κ2) is 6.00. The minimum Gasteiger partial charge on any atom is -0.480 e. The lowest BCUT2D eigenvalue weighted by Gasteiger charge is -2.27. The van der Waals surface area contributed by atoms with E-state index >= 15 is 0 Å². The zero-order chi connectivity index (χ0) is 13.0. The van der Waals surface area contributed by atoms with Crippen LogP contribution in [0.5, 0.6) is 0 Å². The smallest absolute Gasteiger partial charge is 0.326 e. The average Bonchev–Trinajstić information content (AvgIpc) is 2.90. The second-order valence-corrected chi connectivity index (χ2v) is 5.61. The summed E-state index contributed by atoms with van der Waals surface area (Å²) in [6, 6.07) is 2.75. The van der Waals surface area contributed by atoms with Gasteiger partial charge in [-0.1, -0.05) is 25.3 Å². The molecule has 98 valence electrons. The largest absolute Gasteiger partial charge is 0.480 e. The van der Waals surface area contributed by atoms with Crippen LogP contribution in [-0.4, -0.2) is 23.0 Å². The number of thiophene rings is 1. The molecule has 4 nitrogen and oxygen atoms in total. The number of rotatable bonds is 4. The van der Waals surface area contributed by atoms with E-state index in [1.165, 1.54) is 17.8 Å². The number of amides is 1. The van der Waals surface area contributed by atoms with Crippen molar-refractivity contribution in [1.29, 1.82) is 0 Å². The van der Waals surface area contributed by atoms with Crippen molar-refractivity contribution in [3.63, 3.8) is 0 Å². The maximum absolute atomic E-state index is 11.9. The highest BCUT2D eigenvalue weighted by atomic mass is 32.1. The Morgan fingerprint density at radius 2 is 2.06 bits per heavy atom. The lowest BCUT2D eigenvalue weighted by molar-refractivity contribution is -0.141. The van der Waals surface area contributed by atoms with E-state index in [0.29, 0.717) is 4.88 Å². The Balaban J connectivity index is 2.02. The standard InChI is InChI=1S/C13H17NO3S/c15-12(10-7-4-8-18-10)14-11(13(16)17)9-5-2-1-3-6-9/h4,7-9,11H,1-3,5-6H2,(H,14,15)(H,16,17). The number of aliphatic carboxylic acids is 1. The molecule has 0 aromatic carbocycles. The van der Waals surface area contributed by atoms with Gasteiger partial charge in [0.1, 0.15) is 6.04 Å². The second-order valence-electron chi connectivity index (χ2n) is 4.66. The monoisotopic (exact) mass is 267 g/mol. The number of nitrogens with one attached hydrogen (secondary N) is 1. The van der Waals surface area contributed by atoms with E-state index in [2.05, 4.69) is 5.32 Å². The van der Waals surface area contributed by atoms with Gasteiger partial charge in [-0.05, 0) is 30.2 Å². The summed E-state index contributed by atoms with van der Waals surface area (Å²) >= 11 is 1.33. The quantitative estimate of drug-likeness (QED) is 0.881. The molecule has 1 fully saturated rings. The zero-order valence-corrected chi connectivity index (χ0v) is 10.9. The Bertz CT molecular complexity index is 410. The molecule has 1 amide bonds. The molecule has 0 aliphatic heterocycles. The van der Waals surface area contributed by atoms with Gasteiger partial charge in [0.15, 0.2) is 0 Å². The molecule has 1 unspecified atom stereocenters. The summed E-state index contributed by atoms with van der Waals surface area (Å²) in [6.07, 6.45) is 5.07. The number of hydrogen-bond donors (Lipinski definition) is 2. The first-order valence-corrected chi connectivity index (χ1v) is 7.13.